The molecule has 8 heteroatoms. The van der Waals surface area contributed by atoms with Gasteiger partial charge in [0.2, 0.25) is 5.89 Å². The van der Waals surface area contributed by atoms with Crippen molar-refractivity contribution < 1.29 is 9.32 Å². The van der Waals surface area contributed by atoms with Gasteiger partial charge in [-0.3, -0.25) is 9.59 Å². The second-order valence-electron chi connectivity index (χ2n) is 5.60. The maximum Gasteiger partial charge on any atom is 0.274 e. The highest BCUT2D eigenvalue weighted by Gasteiger charge is 2.35. The van der Waals surface area contributed by atoms with Crippen molar-refractivity contribution in [2.45, 2.75) is 38.6 Å². The van der Waals surface area contributed by atoms with E-state index in [1.807, 2.05) is 13.8 Å². The van der Waals surface area contributed by atoms with Crippen molar-refractivity contribution in [1.82, 2.24) is 25.0 Å². The van der Waals surface area contributed by atoms with E-state index in [9.17, 15) is 9.59 Å². The molecule has 0 aromatic carbocycles. The average Bonchev–Trinajstić information content (AvgIpc) is 3.16. The summed E-state index contributed by atoms with van der Waals surface area (Å²) in [6.07, 6.45) is 4.06. The van der Waals surface area contributed by atoms with Crippen molar-refractivity contribution in [2.24, 2.45) is 0 Å². The van der Waals surface area contributed by atoms with Crippen LogP contribution in [-0.4, -0.2) is 37.5 Å². The Kier molecular flexibility index (Phi) is 3.74. The number of carbonyl (C=O) groups excluding carboxylic acids is 1. The van der Waals surface area contributed by atoms with Crippen LogP contribution in [0.4, 0.5) is 0 Å². The molecule has 2 aromatic heterocycles. The second-order valence-corrected chi connectivity index (χ2v) is 5.60. The van der Waals surface area contributed by atoms with Gasteiger partial charge in [-0.25, -0.2) is 4.98 Å². The van der Waals surface area contributed by atoms with E-state index in [4.69, 9.17) is 4.52 Å². The highest BCUT2D eigenvalue weighted by molar-refractivity contribution is 5.92. The third-order valence-corrected chi connectivity index (χ3v) is 3.66. The van der Waals surface area contributed by atoms with Gasteiger partial charge in [-0.15, -0.1) is 0 Å². The van der Waals surface area contributed by atoms with Crippen LogP contribution in [0.2, 0.25) is 0 Å². The number of carbonyl (C=O) groups is 1. The van der Waals surface area contributed by atoms with Crippen molar-refractivity contribution in [3.63, 3.8) is 0 Å². The lowest BCUT2D eigenvalue weighted by atomic mass is 10.2. The monoisotopic (exact) mass is 303 g/mol. The summed E-state index contributed by atoms with van der Waals surface area (Å²) in [6.45, 7) is 4.57. The number of aromatic nitrogens is 4. The van der Waals surface area contributed by atoms with Crippen LogP contribution in [0.3, 0.4) is 0 Å². The number of nitrogens with one attached hydrogen (secondary N) is 1. The van der Waals surface area contributed by atoms with Gasteiger partial charge in [-0.1, -0.05) is 19.0 Å². The SMILES string of the molecule is CC(C)c1noc([C@H]2CCCN2C(=O)c2c[nH]c(=O)cn2)n1. The first-order valence-corrected chi connectivity index (χ1v) is 7.25. The third-order valence-electron chi connectivity index (χ3n) is 3.66. The number of rotatable bonds is 3. The van der Waals surface area contributed by atoms with Crippen molar-refractivity contribution in [3.05, 3.63) is 40.2 Å². The Bertz CT molecular complexity index is 716. The number of likely N-dealkylation sites (tertiary alicyclic amines) is 1. The molecule has 0 spiro atoms. The fraction of sp³-hybridized carbons (Fsp3) is 0.500. The van der Waals surface area contributed by atoms with Gasteiger partial charge in [-0.05, 0) is 12.8 Å². The molecule has 1 amide bonds. The molecule has 1 fully saturated rings. The van der Waals surface area contributed by atoms with Gasteiger partial charge in [0.1, 0.15) is 11.7 Å². The summed E-state index contributed by atoms with van der Waals surface area (Å²) in [7, 11) is 0. The highest BCUT2D eigenvalue weighted by atomic mass is 16.5. The summed E-state index contributed by atoms with van der Waals surface area (Å²) in [5.74, 6) is 1.02. The second kappa shape index (κ2) is 5.70. The first-order chi connectivity index (χ1) is 10.6. The Morgan fingerprint density at radius 2 is 2.32 bits per heavy atom. The van der Waals surface area contributed by atoms with E-state index in [2.05, 4.69) is 20.1 Å². The summed E-state index contributed by atoms with van der Waals surface area (Å²) < 4.78 is 5.31. The summed E-state index contributed by atoms with van der Waals surface area (Å²) in [5, 5.41) is 3.95. The molecule has 0 radical (unpaired) electrons. The van der Waals surface area contributed by atoms with Crippen LogP contribution >= 0.6 is 0 Å². The van der Waals surface area contributed by atoms with Crippen LogP contribution in [0.25, 0.3) is 0 Å². The zero-order valence-corrected chi connectivity index (χ0v) is 12.4. The molecule has 0 aliphatic carbocycles. The van der Waals surface area contributed by atoms with Crippen molar-refractivity contribution >= 4 is 5.91 Å². The predicted octanol–water partition coefficient (Wildman–Crippen LogP) is 1.25. The molecule has 1 N–H and O–H groups in total. The molecule has 0 saturated carbocycles. The molecular formula is C14H17N5O3. The van der Waals surface area contributed by atoms with Gasteiger partial charge < -0.3 is 14.4 Å². The number of aromatic amines is 1. The van der Waals surface area contributed by atoms with Crippen LogP contribution in [-0.2, 0) is 0 Å². The lowest BCUT2D eigenvalue weighted by molar-refractivity contribution is 0.0703. The Hall–Kier alpha value is -2.51. The maximum atomic E-state index is 12.5. The van der Waals surface area contributed by atoms with Crippen LogP contribution in [0.15, 0.2) is 21.7 Å². The smallest absolute Gasteiger partial charge is 0.274 e. The maximum absolute atomic E-state index is 12.5. The highest BCUT2D eigenvalue weighted by Crippen LogP contribution is 2.32. The van der Waals surface area contributed by atoms with Gasteiger partial charge in [0.15, 0.2) is 5.82 Å². The van der Waals surface area contributed by atoms with E-state index in [1.54, 1.807) is 4.90 Å². The number of amides is 1. The quantitative estimate of drug-likeness (QED) is 0.915. The van der Waals surface area contributed by atoms with E-state index in [0.29, 0.717) is 18.3 Å². The zero-order chi connectivity index (χ0) is 15.7. The van der Waals surface area contributed by atoms with Crippen molar-refractivity contribution in [3.8, 4) is 0 Å². The van der Waals surface area contributed by atoms with E-state index in [-0.39, 0.29) is 29.1 Å². The number of nitrogens with zero attached hydrogens (tertiary/aromatic N) is 4. The van der Waals surface area contributed by atoms with Crippen LogP contribution in [0, 0.1) is 0 Å². The fourth-order valence-corrected chi connectivity index (χ4v) is 2.49. The van der Waals surface area contributed by atoms with E-state index >= 15 is 0 Å². The number of hydrogen-bond donors (Lipinski definition) is 1. The molecule has 8 nitrogen and oxygen atoms in total. The van der Waals surface area contributed by atoms with E-state index < -0.39 is 0 Å². The fourth-order valence-electron chi connectivity index (χ4n) is 2.49. The molecule has 1 saturated heterocycles. The topological polar surface area (TPSA) is 105 Å². The minimum Gasteiger partial charge on any atom is -0.337 e. The van der Waals surface area contributed by atoms with Crippen molar-refractivity contribution in [1.29, 1.82) is 0 Å². The molecule has 1 aliphatic rings. The molecule has 116 valence electrons. The molecule has 0 unspecified atom stereocenters. The summed E-state index contributed by atoms with van der Waals surface area (Å²) in [6, 6.07) is -0.235. The third kappa shape index (κ3) is 2.63. The molecule has 2 aromatic rings. The largest absolute Gasteiger partial charge is 0.337 e. The normalized spacial score (nSPS) is 18.1. The minimum atomic E-state index is -0.340. The Balaban J connectivity index is 1.84. The Morgan fingerprint density at radius 1 is 1.50 bits per heavy atom. The Morgan fingerprint density at radius 3 is 2.95 bits per heavy atom. The van der Waals surface area contributed by atoms with Gasteiger partial charge in [-0.2, -0.15) is 4.98 Å². The van der Waals surface area contributed by atoms with E-state index in [0.717, 1.165) is 19.0 Å². The molecule has 3 heterocycles. The van der Waals surface area contributed by atoms with Crippen LogP contribution in [0.1, 0.15) is 60.9 Å². The van der Waals surface area contributed by atoms with Crippen LogP contribution < -0.4 is 5.56 Å². The summed E-state index contributed by atoms with van der Waals surface area (Å²) in [5.41, 5.74) is -0.136. The van der Waals surface area contributed by atoms with Gasteiger partial charge in [0.05, 0.1) is 6.20 Å². The molecule has 1 atom stereocenters. The molecule has 3 rings (SSSR count). The number of hydrogen-bond acceptors (Lipinski definition) is 6. The molecular weight excluding hydrogens is 286 g/mol. The van der Waals surface area contributed by atoms with Gasteiger partial charge in [0, 0.05) is 18.7 Å². The van der Waals surface area contributed by atoms with Crippen LogP contribution in [0.5, 0.6) is 0 Å². The summed E-state index contributed by atoms with van der Waals surface area (Å²) >= 11 is 0. The standard InChI is InChI=1S/C14H17N5O3/c1-8(2)12-17-13(22-18-12)10-4-3-5-19(10)14(21)9-6-16-11(20)7-15-9/h6-8,10H,3-5H2,1-2H3,(H,16,20)/t10-/m1/s1. The Labute approximate surface area is 126 Å². The predicted molar refractivity (Wildman–Crippen MR) is 76.3 cm³/mol. The average molecular weight is 303 g/mol. The number of H-pyrrole nitrogens is 1. The first-order valence-electron chi connectivity index (χ1n) is 7.25. The van der Waals surface area contributed by atoms with Crippen molar-refractivity contribution in [2.75, 3.05) is 6.54 Å². The molecule has 22 heavy (non-hydrogen) atoms. The van der Waals surface area contributed by atoms with Gasteiger partial charge in [0.25, 0.3) is 11.5 Å². The zero-order valence-electron chi connectivity index (χ0n) is 12.4. The lowest BCUT2D eigenvalue weighted by Gasteiger charge is -2.21. The lowest BCUT2D eigenvalue weighted by Crippen LogP contribution is -2.32. The summed E-state index contributed by atoms with van der Waals surface area (Å²) in [4.78, 5) is 36.0. The minimum absolute atomic E-state index is 0.170. The molecule has 0 bridgehead atoms. The van der Waals surface area contributed by atoms with Gasteiger partial charge >= 0.3 is 0 Å². The first kappa shape index (κ1) is 14.4. The molecule has 1 aliphatic heterocycles. The van der Waals surface area contributed by atoms with E-state index in [1.165, 1.54) is 6.20 Å².